The van der Waals surface area contributed by atoms with E-state index < -0.39 is 30.4 Å². The van der Waals surface area contributed by atoms with Crippen molar-refractivity contribution in [2.75, 3.05) is 20.3 Å². The van der Waals surface area contributed by atoms with Crippen molar-refractivity contribution in [2.45, 2.75) is 19.9 Å². The molecule has 0 radical (unpaired) electrons. The highest BCUT2D eigenvalue weighted by molar-refractivity contribution is 5.99. The summed E-state index contributed by atoms with van der Waals surface area (Å²) in [7, 11) is 1.45. The highest BCUT2D eigenvalue weighted by Crippen LogP contribution is 2.17. The van der Waals surface area contributed by atoms with Crippen LogP contribution in [0.5, 0.6) is 5.75 Å². The molecule has 0 heterocycles. The van der Waals surface area contributed by atoms with Crippen LogP contribution < -0.4 is 15.4 Å². The summed E-state index contributed by atoms with van der Waals surface area (Å²) in [6.45, 7) is 3.10. The van der Waals surface area contributed by atoms with Gasteiger partial charge in [-0.25, -0.2) is 4.79 Å². The minimum atomic E-state index is -0.905. The number of benzene rings is 1. The SMILES string of the molecule is C#CCNC(=O)COC(=O)[C@@H](NC(=O)c1ccccc1OC)C(C)C. The Morgan fingerprint density at radius 3 is 2.52 bits per heavy atom. The summed E-state index contributed by atoms with van der Waals surface area (Å²) in [6, 6.07) is 5.75. The lowest BCUT2D eigenvalue weighted by molar-refractivity contribution is -0.151. The quantitative estimate of drug-likeness (QED) is 0.535. The predicted octanol–water partition coefficient (Wildman–Crippen LogP) is 0.742. The molecule has 0 aliphatic heterocycles. The van der Waals surface area contributed by atoms with E-state index in [2.05, 4.69) is 16.6 Å². The third kappa shape index (κ3) is 6.18. The van der Waals surface area contributed by atoms with Gasteiger partial charge in [-0.1, -0.05) is 31.9 Å². The van der Waals surface area contributed by atoms with Gasteiger partial charge in [-0.15, -0.1) is 6.42 Å². The van der Waals surface area contributed by atoms with Gasteiger partial charge in [0.2, 0.25) is 0 Å². The molecule has 1 aromatic rings. The predicted molar refractivity (Wildman–Crippen MR) is 91.9 cm³/mol. The summed E-state index contributed by atoms with van der Waals surface area (Å²) < 4.78 is 10.1. The van der Waals surface area contributed by atoms with Gasteiger partial charge in [0.15, 0.2) is 6.61 Å². The number of nitrogens with one attached hydrogen (secondary N) is 2. The highest BCUT2D eigenvalue weighted by Gasteiger charge is 2.27. The van der Waals surface area contributed by atoms with Crippen LogP contribution in [0.4, 0.5) is 0 Å². The molecule has 1 aromatic carbocycles. The fraction of sp³-hybridized carbons (Fsp3) is 0.389. The Morgan fingerprint density at radius 2 is 1.92 bits per heavy atom. The van der Waals surface area contributed by atoms with Crippen LogP contribution in [0.25, 0.3) is 0 Å². The normalized spacial score (nSPS) is 11.2. The molecular weight excluding hydrogens is 324 g/mol. The number of terminal acetylenes is 1. The van der Waals surface area contributed by atoms with Crippen LogP contribution in [-0.2, 0) is 14.3 Å². The van der Waals surface area contributed by atoms with Crippen LogP contribution in [0.1, 0.15) is 24.2 Å². The van der Waals surface area contributed by atoms with Gasteiger partial charge in [0, 0.05) is 0 Å². The Morgan fingerprint density at radius 1 is 1.24 bits per heavy atom. The third-order valence-corrected chi connectivity index (χ3v) is 3.29. The molecule has 0 aliphatic rings. The zero-order valence-electron chi connectivity index (χ0n) is 14.5. The molecule has 134 valence electrons. The van der Waals surface area contributed by atoms with Crippen LogP contribution in [0.15, 0.2) is 24.3 Å². The first-order valence-electron chi connectivity index (χ1n) is 7.71. The van der Waals surface area contributed by atoms with E-state index in [1.54, 1.807) is 38.1 Å². The monoisotopic (exact) mass is 346 g/mol. The number of rotatable bonds is 8. The molecule has 1 atom stereocenters. The molecule has 0 fully saturated rings. The number of hydrogen-bond acceptors (Lipinski definition) is 5. The number of carbonyl (C=O) groups is 3. The molecule has 0 bridgehead atoms. The minimum Gasteiger partial charge on any atom is -0.496 e. The molecule has 0 spiro atoms. The molecule has 2 N–H and O–H groups in total. The first kappa shape index (κ1) is 20.0. The van der Waals surface area contributed by atoms with E-state index in [9.17, 15) is 14.4 Å². The molecule has 0 unspecified atom stereocenters. The van der Waals surface area contributed by atoms with E-state index in [1.165, 1.54) is 7.11 Å². The van der Waals surface area contributed by atoms with Gasteiger partial charge < -0.3 is 20.1 Å². The van der Waals surface area contributed by atoms with E-state index in [-0.39, 0.29) is 12.5 Å². The van der Waals surface area contributed by atoms with Gasteiger partial charge in [0.25, 0.3) is 11.8 Å². The minimum absolute atomic E-state index is 0.0501. The number of esters is 1. The fourth-order valence-corrected chi connectivity index (χ4v) is 1.98. The molecule has 2 amide bonds. The van der Waals surface area contributed by atoms with Crippen LogP contribution in [0, 0.1) is 18.3 Å². The molecule has 7 nitrogen and oxygen atoms in total. The van der Waals surface area contributed by atoms with E-state index in [0.29, 0.717) is 11.3 Å². The van der Waals surface area contributed by atoms with Crippen molar-refractivity contribution >= 4 is 17.8 Å². The van der Waals surface area contributed by atoms with Crippen LogP contribution in [0.3, 0.4) is 0 Å². The number of para-hydroxylation sites is 1. The van der Waals surface area contributed by atoms with Gasteiger partial charge in [-0.2, -0.15) is 0 Å². The molecular formula is C18H22N2O5. The molecule has 25 heavy (non-hydrogen) atoms. The first-order valence-corrected chi connectivity index (χ1v) is 7.71. The van der Waals surface area contributed by atoms with Crippen LogP contribution >= 0.6 is 0 Å². The molecule has 1 rings (SSSR count). The second-order valence-corrected chi connectivity index (χ2v) is 5.48. The van der Waals surface area contributed by atoms with Crippen molar-refractivity contribution < 1.29 is 23.9 Å². The first-order chi connectivity index (χ1) is 11.9. The second-order valence-electron chi connectivity index (χ2n) is 5.48. The molecule has 0 saturated heterocycles. The summed E-state index contributed by atoms with van der Waals surface area (Å²) in [5.41, 5.74) is 0.301. The maximum absolute atomic E-state index is 12.4. The Labute approximate surface area is 147 Å². The van der Waals surface area contributed by atoms with Crippen molar-refractivity contribution in [1.82, 2.24) is 10.6 Å². The average molecular weight is 346 g/mol. The van der Waals surface area contributed by atoms with Gasteiger partial charge in [0.1, 0.15) is 11.8 Å². The molecule has 0 aromatic heterocycles. The number of ether oxygens (including phenoxy) is 2. The highest BCUT2D eigenvalue weighted by atomic mass is 16.5. The maximum atomic E-state index is 12.4. The largest absolute Gasteiger partial charge is 0.496 e. The topological polar surface area (TPSA) is 93.7 Å². The van der Waals surface area contributed by atoms with E-state index >= 15 is 0 Å². The number of carbonyl (C=O) groups excluding carboxylic acids is 3. The smallest absolute Gasteiger partial charge is 0.329 e. The van der Waals surface area contributed by atoms with Crippen molar-refractivity contribution in [1.29, 1.82) is 0 Å². The molecule has 7 heteroatoms. The van der Waals surface area contributed by atoms with Crippen molar-refractivity contribution in [2.24, 2.45) is 5.92 Å². The van der Waals surface area contributed by atoms with Crippen molar-refractivity contribution in [3.05, 3.63) is 29.8 Å². The Hall–Kier alpha value is -3.01. The standard InChI is InChI=1S/C18H22N2O5/c1-5-10-19-15(21)11-25-18(23)16(12(2)3)20-17(22)13-8-6-7-9-14(13)24-4/h1,6-9,12,16H,10-11H2,2-4H3,(H,19,21)(H,20,22)/t16-/m0/s1. The number of hydrogen-bond donors (Lipinski definition) is 2. The number of amides is 2. The summed E-state index contributed by atoms with van der Waals surface area (Å²) in [6.07, 6.45) is 5.02. The summed E-state index contributed by atoms with van der Waals surface area (Å²) in [5.74, 6) is 0.721. The Kier molecular flexibility index (Phi) is 8.00. The van der Waals surface area contributed by atoms with E-state index in [0.717, 1.165) is 0 Å². The summed E-state index contributed by atoms with van der Waals surface area (Å²) in [5, 5.41) is 5.00. The van der Waals surface area contributed by atoms with Crippen molar-refractivity contribution in [3.8, 4) is 18.1 Å². The van der Waals surface area contributed by atoms with Crippen LogP contribution in [0.2, 0.25) is 0 Å². The van der Waals surface area contributed by atoms with Gasteiger partial charge in [-0.3, -0.25) is 9.59 Å². The average Bonchev–Trinajstić information content (AvgIpc) is 2.61. The lowest BCUT2D eigenvalue weighted by Gasteiger charge is -2.21. The lowest BCUT2D eigenvalue weighted by Crippen LogP contribution is -2.46. The Balaban J connectivity index is 2.73. The Bertz CT molecular complexity index is 664. The third-order valence-electron chi connectivity index (χ3n) is 3.29. The maximum Gasteiger partial charge on any atom is 0.329 e. The molecule has 0 saturated carbocycles. The number of methoxy groups -OCH3 is 1. The summed E-state index contributed by atoms with van der Waals surface area (Å²) in [4.78, 5) is 36.1. The van der Waals surface area contributed by atoms with Gasteiger partial charge >= 0.3 is 5.97 Å². The summed E-state index contributed by atoms with van der Waals surface area (Å²) >= 11 is 0. The van der Waals surface area contributed by atoms with Gasteiger partial charge in [0.05, 0.1) is 19.2 Å². The van der Waals surface area contributed by atoms with Crippen LogP contribution in [-0.4, -0.2) is 44.1 Å². The zero-order valence-corrected chi connectivity index (χ0v) is 14.5. The fourth-order valence-electron chi connectivity index (χ4n) is 1.98. The lowest BCUT2D eigenvalue weighted by atomic mass is 10.0. The zero-order chi connectivity index (χ0) is 18.8. The van der Waals surface area contributed by atoms with E-state index in [1.807, 2.05) is 0 Å². The molecule has 0 aliphatic carbocycles. The second kappa shape index (κ2) is 9.98. The van der Waals surface area contributed by atoms with E-state index in [4.69, 9.17) is 15.9 Å². The van der Waals surface area contributed by atoms with Gasteiger partial charge in [-0.05, 0) is 18.1 Å². The van der Waals surface area contributed by atoms with Crippen molar-refractivity contribution in [3.63, 3.8) is 0 Å².